The second kappa shape index (κ2) is 8.21. The molecule has 1 amide bonds. The van der Waals surface area contributed by atoms with Crippen molar-refractivity contribution in [3.05, 3.63) is 65.0 Å². The molecule has 0 spiro atoms. The van der Waals surface area contributed by atoms with Crippen molar-refractivity contribution in [3.8, 4) is 0 Å². The van der Waals surface area contributed by atoms with Gasteiger partial charge in [-0.15, -0.1) is 0 Å². The molecule has 1 N–H and O–H groups in total. The first-order chi connectivity index (χ1) is 11.5. The van der Waals surface area contributed by atoms with Crippen LogP contribution in [-0.2, 0) is 11.3 Å². The normalized spacial score (nSPS) is 10.4. The van der Waals surface area contributed by atoms with Crippen LogP contribution in [0.15, 0.2) is 42.5 Å². The molecule has 1 aromatic carbocycles. The lowest BCUT2D eigenvalue weighted by Crippen LogP contribution is -2.34. The molecule has 0 saturated carbocycles. The van der Waals surface area contributed by atoms with Gasteiger partial charge < -0.3 is 14.7 Å². The van der Waals surface area contributed by atoms with Crippen molar-refractivity contribution in [3.63, 3.8) is 0 Å². The number of hydrogen-bond donors (Lipinski definition) is 1. The van der Waals surface area contributed by atoms with Crippen molar-refractivity contribution in [1.29, 1.82) is 0 Å². The Labute approximate surface area is 140 Å². The van der Waals surface area contributed by atoms with Crippen molar-refractivity contribution >= 4 is 11.9 Å². The predicted molar refractivity (Wildman–Crippen MR) is 89.0 cm³/mol. The average Bonchev–Trinajstić information content (AvgIpc) is 2.58. The van der Waals surface area contributed by atoms with Gasteiger partial charge in [0.2, 0.25) is 0 Å². The molecule has 0 unspecified atom stereocenters. The van der Waals surface area contributed by atoms with E-state index in [2.05, 4.69) is 4.98 Å². The highest BCUT2D eigenvalue weighted by Gasteiger charge is 2.19. The molecule has 1 aromatic heterocycles. The molecule has 0 fully saturated rings. The Kier molecular flexibility index (Phi) is 6.03. The number of aryl methyl sites for hydroxylation is 1. The lowest BCUT2D eigenvalue weighted by Gasteiger charge is -2.22. The Morgan fingerprint density at radius 2 is 1.88 bits per heavy atom. The molecule has 0 bridgehead atoms. The lowest BCUT2D eigenvalue weighted by atomic mass is 10.1. The first kappa shape index (κ1) is 17.6. The molecule has 0 aliphatic rings. The van der Waals surface area contributed by atoms with Crippen LogP contribution in [-0.4, -0.2) is 47.1 Å². The van der Waals surface area contributed by atoms with Crippen LogP contribution in [0.4, 0.5) is 0 Å². The van der Waals surface area contributed by atoms with E-state index in [1.165, 1.54) is 12.1 Å². The van der Waals surface area contributed by atoms with Gasteiger partial charge in [0.1, 0.15) is 5.69 Å². The highest BCUT2D eigenvalue weighted by Crippen LogP contribution is 2.12. The summed E-state index contributed by atoms with van der Waals surface area (Å²) in [6.07, 6.45) is 0. The monoisotopic (exact) mass is 328 g/mol. The molecular formula is C18H20N2O4. The minimum Gasteiger partial charge on any atom is -0.478 e. The molecule has 6 heteroatoms. The van der Waals surface area contributed by atoms with Crippen LogP contribution in [0.2, 0.25) is 0 Å². The van der Waals surface area contributed by atoms with Crippen LogP contribution >= 0.6 is 0 Å². The maximum Gasteiger partial charge on any atom is 0.337 e. The second-order valence-corrected chi connectivity index (χ2v) is 5.34. The number of rotatable bonds is 7. The SMILES string of the molecule is COCCN(Cc1ccccc1)C(=O)c1ccc(C(=O)O)c(C)n1. The fraction of sp³-hybridized carbons (Fsp3) is 0.278. The van der Waals surface area contributed by atoms with Crippen molar-refractivity contribution in [1.82, 2.24) is 9.88 Å². The number of aromatic carboxylic acids is 1. The van der Waals surface area contributed by atoms with Crippen molar-refractivity contribution in [2.45, 2.75) is 13.5 Å². The highest BCUT2D eigenvalue weighted by molar-refractivity contribution is 5.94. The number of amides is 1. The molecule has 0 saturated heterocycles. The van der Waals surface area contributed by atoms with Gasteiger partial charge in [-0.25, -0.2) is 9.78 Å². The fourth-order valence-corrected chi connectivity index (χ4v) is 2.33. The summed E-state index contributed by atoms with van der Waals surface area (Å²) < 4.78 is 5.08. The number of ether oxygens (including phenoxy) is 1. The number of methoxy groups -OCH3 is 1. The smallest absolute Gasteiger partial charge is 0.337 e. The van der Waals surface area contributed by atoms with E-state index in [1.54, 1.807) is 18.9 Å². The van der Waals surface area contributed by atoms with E-state index in [4.69, 9.17) is 9.84 Å². The molecule has 0 aliphatic heterocycles. The van der Waals surface area contributed by atoms with E-state index in [0.717, 1.165) is 5.56 Å². The number of carbonyl (C=O) groups excluding carboxylic acids is 1. The summed E-state index contributed by atoms with van der Waals surface area (Å²) in [5.74, 6) is -1.31. The minimum atomic E-state index is -1.06. The van der Waals surface area contributed by atoms with Crippen molar-refractivity contribution in [2.75, 3.05) is 20.3 Å². The number of carbonyl (C=O) groups is 2. The molecule has 126 valence electrons. The Hall–Kier alpha value is -2.73. The predicted octanol–water partition coefficient (Wildman–Crippen LogP) is 2.38. The summed E-state index contributed by atoms with van der Waals surface area (Å²) in [7, 11) is 1.58. The van der Waals surface area contributed by atoms with Crippen LogP contribution in [0.25, 0.3) is 0 Å². The molecule has 0 atom stereocenters. The third-order valence-electron chi connectivity index (χ3n) is 3.60. The maximum atomic E-state index is 12.7. The van der Waals surface area contributed by atoms with Gasteiger partial charge >= 0.3 is 5.97 Å². The van der Waals surface area contributed by atoms with E-state index in [9.17, 15) is 9.59 Å². The van der Waals surface area contributed by atoms with E-state index < -0.39 is 5.97 Å². The van der Waals surface area contributed by atoms with Crippen LogP contribution in [0.3, 0.4) is 0 Å². The Balaban J connectivity index is 2.23. The van der Waals surface area contributed by atoms with Crippen LogP contribution in [0, 0.1) is 6.92 Å². The fourth-order valence-electron chi connectivity index (χ4n) is 2.33. The summed E-state index contributed by atoms with van der Waals surface area (Å²) in [4.78, 5) is 29.6. The standard InChI is InChI=1S/C18H20N2O4/c1-13-15(18(22)23)8-9-16(19-13)17(21)20(10-11-24-2)12-14-6-4-3-5-7-14/h3-9H,10-12H2,1-2H3,(H,22,23). The largest absolute Gasteiger partial charge is 0.478 e. The van der Waals surface area contributed by atoms with E-state index in [1.807, 2.05) is 30.3 Å². The molecule has 2 rings (SSSR count). The van der Waals surface area contributed by atoms with Crippen LogP contribution < -0.4 is 0 Å². The van der Waals surface area contributed by atoms with Gasteiger partial charge in [-0.05, 0) is 24.6 Å². The molecule has 1 heterocycles. The van der Waals surface area contributed by atoms with Gasteiger partial charge in [0.25, 0.3) is 5.91 Å². The number of aromatic nitrogens is 1. The van der Waals surface area contributed by atoms with Crippen LogP contribution in [0.1, 0.15) is 32.1 Å². The van der Waals surface area contributed by atoms with Gasteiger partial charge in [-0.2, -0.15) is 0 Å². The number of pyridine rings is 1. The molecule has 2 aromatic rings. The van der Waals surface area contributed by atoms with Crippen molar-refractivity contribution < 1.29 is 19.4 Å². The van der Waals surface area contributed by atoms with E-state index >= 15 is 0 Å². The average molecular weight is 328 g/mol. The van der Waals surface area contributed by atoms with E-state index in [-0.39, 0.29) is 17.2 Å². The Morgan fingerprint density at radius 3 is 2.46 bits per heavy atom. The number of nitrogens with zero attached hydrogens (tertiary/aromatic N) is 2. The number of carboxylic acid groups (broad SMARTS) is 1. The first-order valence-electron chi connectivity index (χ1n) is 7.56. The molecule has 0 radical (unpaired) electrons. The number of benzene rings is 1. The molecule has 6 nitrogen and oxygen atoms in total. The summed E-state index contributed by atoms with van der Waals surface area (Å²) >= 11 is 0. The quantitative estimate of drug-likeness (QED) is 0.844. The Morgan fingerprint density at radius 1 is 1.17 bits per heavy atom. The maximum absolute atomic E-state index is 12.7. The third kappa shape index (κ3) is 4.39. The van der Waals surface area contributed by atoms with Crippen molar-refractivity contribution in [2.24, 2.45) is 0 Å². The summed E-state index contributed by atoms with van der Waals surface area (Å²) in [5.41, 5.74) is 1.64. The highest BCUT2D eigenvalue weighted by atomic mass is 16.5. The van der Waals surface area contributed by atoms with Gasteiger partial charge in [0.05, 0.1) is 17.9 Å². The zero-order valence-electron chi connectivity index (χ0n) is 13.7. The topological polar surface area (TPSA) is 79.7 Å². The van der Waals surface area contributed by atoms with E-state index in [0.29, 0.717) is 25.4 Å². The second-order valence-electron chi connectivity index (χ2n) is 5.34. The molecule has 24 heavy (non-hydrogen) atoms. The minimum absolute atomic E-state index is 0.0954. The zero-order valence-corrected chi connectivity index (χ0v) is 13.7. The third-order valence-corrected chi connectivity index (χ3v) is 3.60. The summed E-state index contributed by atoms with van der Waals surface area (Å²) in [6, 6.07) is 12.5. The summed E-state index contributed by atoms with van der Waals surface area (Å²) in [5, 5.41) is 9.06. The van der Waals surface area contributed by atoms with Gasteiger partial charge in [-0.3, -0.25) is 4.79 Å². The lowest BCUT2D eigenvalue weighted by molar-refractivity contribution is 0.0667. The zero-order chi connectivity index (χ0) is 17.5. The van der Waals surface area contributed by atoms with Gasteiger partial charge in [-0.1, -0.05) is 30.3 Å². The number of hydrogen-bond acceptors (Lipinski definition) is 4. The van der Waals surface area contributed by atoms with Gasteiger partial charge in [0, 0.05) is 20.2 Å². The summed E-state index contributed by atoms with van der Waals surface area (Å²) in [6.45, 7) is 2.85. The first-order valence-corrected chi connectivity index (χ1v) is 7.56. The van der Waals surface area contributed by atoms with Crippen LogP contribution in [0.5, 0.6) is 0 Å². The molecular weight excluding hydrogens is 308 g/mol. The van der Waals surface area contributed by atoms with Gasteiger partial charge in [0.15, 0.2) is 0 Å². The molecule has 0 aliphatic carbocycles. The Bertz CT molecular complexity index is 716. The number of carboxylic acids is 1.